The first-order chi connectivity index (χ1) is 10.2. The molecule has 1 aromatic carbocycles. The van der Waals surface area contributed by atoms with Gasteiger partial charge in [0.2, 0.25) is 0 Å². The normalized spacial score (nSPS) is 12.3. The van der Waals surface area contributed by atoms with E-state index in [1.54, 1.807) is 10.7 Å². The third kappa shape index (κ3) is 3.69. The highest BCUT2D eigenvalue weighted by atomic mass is 16.5. The van der Waals surface area contributed by atoms with Crippen molar-refractivity contribution in [2.75, 3.05) is 25.6 Å². The second-order valence-electron chi connectivity index (χ2n) is 4.68. The molecule has 21 heavy (non-hydrogen) atoms. The number of hydrogen-bond acceptors (Lipinski definition) is 6. The number of aromatic nitrogens is 4. The van der Waals surface area contributed by atoms with Crippen molar-refractivity contribution in [2.45, 2.75) is 26.8 Å². The first kappa shape index (κ1) is 15.2. The summed E-state index contributed by atoms with van der Waals surface area (Å²) in [6, 6.07) is 5.53. The Morgan fingerprint density at radius 2 is 2.05 bits per heavy atom. The van der Waals surface area contributed by atoms with Gasteiger partial charge in [0.15, 0.2) is 5.82 Å². The Morgan fingerprint density at radius 3 is 2.76 bits per heavy atom. The molecule has 0 radical (unpaired) electrons. The molecular weight excluding hydrogens is 270 g/mol. The van der Waals surface area contributed by atoms with Gasteiger partial charge in [-0.1, -0.05) is 0 Å². The van der Waals surface area contributed by atoms with Crippen LogP contribution in [0, 0.1) is 0 Å². The number of nitrogen functional groups attached to an aromatic ring is 1. The van der Waals surface area contributed by atoms with Gasteiger partial charge in [-0.05, 0) is 43.3 Å². The van der Waals surface area contributed by atoms with Crippen LogP contribution in [0.5, 0.6) is 5.75 Å². The average molecular weight is 291 g/mol. The Morgan fingerprint density at radius 1 is 1.24 bits per heavy atom. The van der Waals surface area contributed by atoms with Gasteiger partial charge in [-0.3, -0.25) is 0 Å². The van der Waals surface area contributed by atoms with Crippen LogP contribution < -0.4 is 10.5 Å². The molecule has 0 aliphatic rings. The van der Waals surface area contributed by atoms with Crippen LogP contribution in [-0.2, 0) is 4.74 Å². The molecule has 0 fully saturated rings. The van der Waals surface area contributed by atoms with Crippen LogP contribution in [0.15, 0.2) is 18.2 Å². The topological polar surface area (TPSA) is 88.1 Å². The van der Waals surface area contributed by atoms with E-state index in [0.29, 0.717) is 37.1 Å². The number of benzene rings is 1. The summed E-state index contributed by atoms with van der Waals surface area (Å²) in [5.41, 5.74) is 7.36. The number of rotatable bonds is 7. The Bertz CT molecular complexity index is 584. The number of nitrogens with two attached hydrogens (primary N) is 1. The molecule has 2 N–H and O–H groups in total. The molecule has 1 atom stereocenters. The largest absolute Gasteiger partial charge is 0.494 e. The summed E-state index contributed by atoms with van der Waals surface area (Å²) in [6.45, 7) is 7.68. The minimum atomic E-state index is 0.0342. The van der Waals surface area contributed by atoms with Crippen molar-refractivity contribution in [1.82, 2.24) is 20.2 Å². The van der Waals surface area contributed by atoms with Crippen molar-refractivity contribution in [3.05, 3.63) is 18.2 Å². The highest BCUT2D eigenvalue weighted by Gasteiger charge is 2.16. The zero-order chi connectivity index (χ0) is 15.2. The first-order valence-corrected chi connectivity index (χ1v) is 7.05. The van der Waals surface area contributed by atoms with Gasteiger partial charge < -0.3 is 15.2 Å². The molecule has 0 bridgehead atoms. The molecule has 114 valence electrons. The van der Waals surface area contributed by atoms with Crippen LogP contribution in [0.2, 0.25) is 0 Å². The summed E-state index contributed by atoms with van der Waals surface area (Å²) >= 11 is 0. The smallest absolute Gasteiger partial charge is 0.182 e. The van der Waals surface area contributed by atoms with Crippen LogP contribution in [0.25, 0.3) is 11.4 Å². The Hall–Kier alpha value is -2.15. The van der Waals surface area contributed by atoms with E-state index in [-0.39, 0.29) is 6.04 Å². The Balaban J connectivity index is 2.32. The maximum Gasteiger partial charge on any atom is 0.182 e. The van der Waals surface area contributed by atoms with Crippen LogP contribution in [0.1, 0.15) is 26.8 Å². The SMILES string of the molecule is CCOCC(C)n1nnnc1-c1cc(N)cc(OCC)c1. The second kappa shape index (κ2) is 7.03. The van der Waals surface area contributed by atoms with Crippen LogP contribution in [0.4, 0.5) is 5.69 Å². The van der Waals surface area contributed by atoms with Crippen molar-refractivity contribution in [1.29, 1.82) is 0 Å². The van der Waals surface area contributed by atoms with Gasteiger partial charge in [0.1, 0.15) is 5.75 Å². The van der Waals surface area contributed by atoms with E-state index in [9.17, 15) is 0 Å². The van der Waals surface area contributed by atoms with Gasteiger partial charge >= 0.3 is 0 Å². The maximum absolute atomic E-state index is 5.92. The van der Waals surface area contributed by atoms with E-state index in [1.165, 1.54) is 0 Å². The lowest BCUT2D eigenvalue weighted by molar-refractivity contribution is 0.115. The van der Waals surface area contributed by atoms with Crippen molar-refractivity contribution in [2.24, 2.45) is 0 Å². The Labute approximate surface area is 124 Å². The minimum Gasteiger partial charge on any atom is -0.494 e. The lowest BCUT2D eigenvalue weighted by Crippen LogP contribution is -2.15. The van der Waals surface area contributed by atoms with Gasteiger partial charge in [-0.25, -0.2) is 4.68 Å². The predicted octanol–water partition coefficient (Wildman–Crippen LogP) is 1.92. The summed E-state index contributed by atoms with van der Waals surface area (Å²) < 4.78 is 12.7. The monoisotopic (exact) mass is 291 g/mol. The third-order valence-corrected chi connectivity index (χ3v) is 2.97. The highest BCUT2D eigenvalue weighted by Crippen LogP contribution is 2.27. The van der Waals surface area contributed by atoms with Gasteiger partial charge in [-0.15, -0.1) is 5.10 Å². The van der Waals surface area contributed by atoms with Crippen LogP contribution in [-0.4, -0.2) is 40.0 Å². The van der Waals surface area contributed by atoms with E-state index in [4.69, 9.17) is 15.2 Å². The third-order valence-electron chi connectivity index (χ3n) is 2.97. The summed E-state index contributed by atoms with van der Waals surface area (Å²) in [7, 11) is 0. The standard InChI is InChI=1S/C14H21N5O2/c1-4-20-9-10(3)19-14(16-17-18-19)11-6-12(15)8-13(7-11)21-5-2/h6-8,10H,4-5,9,15H2,1-3H3. The lowest BCUT2D eigenvalue weighted by atomic mass is 10.1. The van der Waals surface area contributed by atoms with Crippen molar-refractivity contribution in [3.8, 4) is 17.1 Å². The van der Waals surface area contributed by atoms with E-state index in [0.717, 1.165) is 5.56 Å². The molecule has 0 saturated heterocycles. The minimum absolute atomic E-state index is 0.0342. The van der Waals surface area contributed by atoms with E-state index in [1.807, 2.05) is 32.9 Å². The molecule has 1 unspecified atom stereocenters. The van der Waals surface area contributed by atoms with Gasteiger partial charge in [0.25, 0.3) is 0 Å². The van der Waals surface area contributed by atoms with Crippen LogP contribution >= 0.6 is 0 Å². The fraction of sp³-hybridized carbons (Fsp3) is 0.500. The molecule has 0 saturated carbocycles. The summed E-state index contributed by atoms with van der Waals surface area (Å²) in [5, 5.41) is 11.9. The summed E-state index contributed by atoms with van der Waals surface area (Å²) in [6.07, 6.45) is 0. The summed E-state index contributed by atoms with van der Waals surface area (Å²) in [5.74, 6) is 1.36. The first-order valence-electron chi connectivity index (χ1n) is 7.05. The molecule has 0 aliphatic carbocycles. The summed E-state index contributed by atoms with van der Waals surface area (Å²) in [4.78, 5) is 0. The molecule has 7 heteroatoms. The van der Waals surface area contributed by atoms with E-state index in [2.05, 4.69) is 15.5 Å². The van der Waals surface area contributed by atoms with Gasteiger partial charge in [0, 0.05) is 23.9 Å². The molecule has 2 rings (SSSR count). The maximum atomic E-state index is 5.92. The van der Waals surface area contributed by atoms with Crippen molar-refractivity contribution in [3.63, 3.8) is 0 Å². The fourth-order valence-electron chi connectivity index (χ4n) is 2.04. The zero-order valence-electron chi connectivity index (χ0n) is 12.6. The van der Waals surface area contributed by atoms with Gasteiger partial charge in [0.05, 0.1) is 19.3 Å². The highest BCUT2D eigenvalue weighted by molar-refractivity contribution is 5.64. The molecule has 1 heterocycles. The van der Waals surface area contributed by atoms with Crippen molar-refractivity contribution < 1.29 is 9.47 Å². The van der Waals surface area contributed by atoms with E-state index >= 15 is 0 Å². The number of nitrogens with zero attached hydrogens (tertiary/aromatic N) is 4. The Kier molecular flexibility index (Phi) is 5.10. The van der Waals surface area contributed by atoms with Crippen molar-refractivity contribution >= 4 is 5.69 Å². The average Bonchev–Trinajstić information content (AvgIpc) is 2.94. The predicted molar refractivity (Wildman–Crippen MR) is 80.0 cm³/mol. The number of tetrazole rings is 1. The number of anilines is 1. The molecule has 0 spiro atoms. The number of ether oxygens (including phenoxy) is 2. The molecule has 0 aliphatic heterocycles. The molecule has 1 aromatic heterocycles. The van der Waals surface area contributed by atoms with Crippen LogP contribution in [0.3, 0.4) is 0 Å². The fourth-order valence-corrected chi connectivity index (χ4v) is 2.04. The van der Waals surface area contributed by atoms with E-state index < -0.39 is 0 Å². The second-order valence-corrected chi connectivity index (χ2v) is 4.68. The van der Waals surface area contributed by atoms with Gasteiger partial charge in [-0.2, -0.15) is 0 Å². The lowest BCUT2D eigenvalue weighted by Gasteiger charge is -2.14. The molecule has 0 amide bonds. The molecule has 7 nitrogen and oxygen atoms in total. The quantitative estimate of drug-likeness (QED) is 0.784. The molecule has 2 aromatic rings. The molecular formula is C14H21N5O2. The number of hydrogen-bond donors (Lipinski definition) is 1. The zero-order valence-corrected chi connectivity index (χ0v) is 12.6.